The Bertz CT molecular complexity index is 444. The highest BCUT2D eigenvalue weighted by atomic mass is 19.4. The molecule has 1 heterocycles. The minimum Gasteiger partial charge on any atom is -0.359 e. The van der Waals surface area contributed by atoms with Crippen LogP contribution in [0.15, 0.2) is 6.07 Å². The lowest BCUT2D eigenvalue weighted by Gasteiger charge is -2.30. The van der Waals surface area contributed by atoms with Crippen molar-refractivity contribution in [2.24, 2.45) is 11.8 Å². The van der Waals surface area contributed by atoms with Crippen molar-refractivity contribution in [3.05, 3.63) is 11.9 Å². The van der Waals surface area contributed by atoms with Gasteiger partial charge in [0.25, 0.3) is 0 Å². The fraction of sp³-hybridized carbons (Fsp3) is 0.636. The van der Waals surface area contributed by atoms with E-state index in [0.29, 0.717) is 12.5 Å². The van der Waals surface area contributed by atoms with Gasteiger partial charge < -0.3 is 10.3 Å². The number of anilines is 2. The minimum absolute atomic E-state index is 0.0437. The minimum atomic E-state index is -4.58. The smallest absolute Gasteiger partial charge is 0.359 e. The molecule has 0 bridgehead atoms. The first-order valence-electron chi connectivity index (χ1n) is 6.04. The zero-order valence-corrected chi connectivity index (χ0v) is 10.5. The van der Waals surface area contributed by atoms with Crippen molar-refractivity contribution in [1.29, 1.82) is 0 Å². The van der Waals surface area contributed by atoms with Crippen molar-refractivity contribution < 1.29 is 13.2 Å². The number of nitrogen functional groups attached to an aromatic ring is 1. The van der Waals surface area contributed by atoms with Gasteiger partial charge in [0.05, 0.1) is 0 Å². The molecule has 3 N–H and O–H groups in total. The Kier molecular flexibility index (Phi) is 3.79. The van der Waals surface area contributed by atoms with Gasteiger partial charge in [-0.15, -0.1) is 0 Å². The van der Waals surface area contributed by atoms with Crippen LogP contribution in [0.2, 0.25) is 0 Å². The normalized spacial score (nSPS) is 16.1. The summed E-state index contributed by atoms with van der Waals surface area (Å²) in [7, 11) is 1.72. The second kappa shape index (κ2) is 5.20. The molecule has 5 nitrogen and oxygen atoms in total. The molecule has 0 saturated heterocycles. The molecule has 0 aromatic carbocycles. The average molecular weight is 275 g/mol. The van der Waals surface area contributed by atoms with Crippen LogP contribution >= 0.6 is 0 Å². The van der Waals surface area contributed by atoms with E-state index in [2.05, 4.69) is 15.4 Å². The van der Waals surface area contributed by atoms with Crippen molar-refractivity contribution in [3.63, 3.8) is 0 Å². The van der Waals surface area contributed by atoms with E-state index in [1.807, 2.05) is 0 Å². The van der Waals surface area contributed by atoms with Gasteiger partial charge in [-0.2, -0.15) is 13.2 Å². The lowest BCUT2D eigenvalue weighted by atomic mass is 9.85. The number of nitrogens with zero attached hydrogens (tertiary/aromatic N) is 3. The summed E-state index contributed by atoms with van der Waals surface area (Å²) in [5, 5.41) is 0. The van der Waals surface area contributed by atoms with Crippen molar-refractivity contribution in [3.8, 4) is 0 Å². The molecule has 1 fully saturated rings. The zero-order valence-electron chi connectivity index (χ0n) is 10.5. The van der Waals surface area contributed by atoms with E-state index >= 15 is 0 Å². The Morgan fingerprint density at radius 2 is 2.11 bits per heavy atom. The van der Waals surface area contributed by atoms with Crippen molar-refractivity contribution in [2.75, 3.05) is 23.9 Å². The first kappa shape index (κ1) is 13.9. The monoisotopic (exact) mass is 275 g/mol. The lowest BCUT2D eigenvalue weighted by molar-refractivity contribution is -0.144. The standard InChI is InChI=1S/C11H16F3N5/c1-19(6-7-3-2-4-7)9-5-8(18-15)16-10(17-9)11(12,13)14/h5,7H,2-4,6,15H2,1H3,(H,16,17,18). The van der Waals surface area contributed by atoms with E-state index in [-0.39, 0.29) is 11.6 Å². The maximum Gasteiger partial charge on any atom is 0.451 e. The van der Waals surface area contributed by atoms with E-state index in [4.69, 9.17) is 5.84 Å². The molecule has 0 spiro atoms. The number of halogens is 3. The maximum atomic E-state index is 12.7. The largest absolute Gasteiger partial charge is 0.451 e. The van der Waals surface area contributed by atoms with Crippen molar-refractivity contribution in [1.82, 2.24) is 9.97 Å². The van der Waals surface area contributed by atoms with Gasteiger partial charge in [0.1, 0.15) is 11.6 Å². The zero-order chi connectivity index (χ0) is 14.0. The quantitative estimate of drug-likeness (QED) is 0.650. The molecule has 8 heteroatoms. The second-order valence-electron chi connectivity index (χ2n) is 4.75. The van der Waals surface area contributed by atoms with Crippen molar-refractivity contribution in [2.45, 2.75) is 25.4 Å². The number of alkyl halides is 3. The molecule has 0 atom stereocenters. The van der Waals surface area contributed by atoms with E-state index < -0.39 is 12.0 Å². The number of nitrogens with one attached hydrogen (secondary N) is 1. The molecular formula is C11H16F3N5. The van der Waals surface area contributed by atoms with Crippen LogP contribution in [0.1, 0.15) is 25.1 Å². The fourth-order valence-corrected chi connectivity index (χ4v) is 1.99. The van der Waals surface area contributed by atoms with Crippen LogP contribution in [0.3, 0.4) is 0 Å². The summed E-state index contributed by atoms with van der Waals surface area (Å²) in [4.78, 5) is 8.59. The molecule has 1 saturated carbocycles. The second-order valence-corrected chi connectivity index (χ2v) is 4.75. The highest BCUT2D eigenvalue weighted by Crippen LogP contribution is 2.31. The summed E-state index contributed by atoms with van der Waals surface area (Å²) >= 11 is 0. The van der Waals surface area contributed by atoms with E-state index in [1.165, 1.54) is 12.5 Å². The predicted octanol–water partition coefficient (Wildman–Crippen LogP) is 2.02. The van der Waals surface area contributed by atoms with Gasteiger partial charge in [0, 0.05) is 19.7 Å². The predicted molar refractivity (Wildman–Crippen MR) is 65.5 cm³/mol. The van der Waals surface area contributed by atoms with E-state index in [0.717, 1.165) is 12.8 Å². The molecule has 19 heavy (non-hydrogen) atoms. The Morgan fingerprint density at radius 1 is 1.42 bits per heavy atom. The van der Waals surface area contributed by atoms with Gasteiger partial charge in [-0.3, -0.25) is 0 Å². The van der Waals surface area contributed by atoms with Gasteiger partial charge in [-0.1, -0.05) is 6.42 Å². The molecule has 0 amide bonds. The number of hydrogen-bond donors (Lipinski definition) is 2. The lowest BCUT2D eigenvalue weighted by Crippen LogP contribution is -2.30. The summed E-state index contributed by atoms with van der Waals surface area (Å²) in [5.41, 5.74) is 2.14. The number of rotatable bonds is 4. The molecule has 1 aromatic heterocycles. The highest BCUT2D eigenvalue weighted by molar-refractivity contribution is 5.48. The summed E-state index contributed by atoms with van der Waals surface area (Å²) in [6.45, 7) is 0.693. The van der Waals surface area contributed by atoms with Gasteiger partial charge in [-0.05, 0) is 18.8 Å². The number of aromatic nitrogens is 2. The molecule has 1 aliphatic rings. The molecule has 2 rings (SSSR count). The summed E-state index contributed by atoms with van der Waals surface area (Å²) < 4.78 is 38.0. The molecule has 106 valence electrons. The fourth-order valence-electron chi connectivity index (χ4n) is 1.99. The highest BCUT2D eigenvalue weighted by Gasteiger charge is 2.36. The Labute approximate surface area is 109 Å². The van der Waals surface area contributed by atoms with Crippen LogP contribution in [0.25, 0.3) is 0 Å². The first-order chi connectivity index (χ1) is 8.90. The van der Waals surface area contributed by atoms with Crippen LogP contribution in [0.4, 0.5) is 24.8 Å². The van der Waals surface area contributed by atoms with Crippen LogP contribution in [-0.4, -0.2) is 23.6 Å². The third-order valence-electron chi connectivity index (χ3n) is 3.26. The Hall–Kier alpha value is -1.57. The maximum absolute atomic E-state index is 12.7. The number of nitrogens with two attached hydrogens (primary N) is 1. The third-order valence-corrected chi connectivity index (χ3v) is 3.26. The molecule has 1 aromatic rings. The van der Waals surface area contributed by atoms with Crippen LogP contribution in [-0.2, 0) is 6.18 Å². The van der Waals surface area contributed by atoms with Gasteiger partial charge in [0.2, 0.25) is 5.82 Å². The summed E-state index contributed by atoms with van der Waals surface area (Å²) in [6.07, 6.45) is -1.17. The van der Waals surface area contributed by atoms with Crippen molar-refractivity contribution >= 4 is 11.6 Å². The van der Waals surface area contributed by atoms with Gasteiger partial charge in [-0.25, -0.2) is 15.8 Å². The summed E-state index contributed by atoms with van der Waals surface area (Å²) in [5.74, 6) is 4.67. The third kappa shape index (κ3) is 3.25. The molecular weight excluding hydrogens is 259 g/mol. The average Bonchev–Trinajstić information content (AvgIpc) is 2.31. The number of hydrogen-bond acceptors (Lipinski definition) is 5. The van der Waals surface area contributed by atoms with Crippen LogP contribution in [0, 0.1) is 5.92 Å². The summed E-state index contributed by atoms with van der Waals surface area (Å²) in [6, 6.07) is 1.41. The van der Waals surface area contributed by atoms with E-state index in [9.17, 15) is 13.2 Å². The SMILES string of the molecule is CN(CC1CCC1)c1cc(NN)nc(C(F)(F)F)n1. The molecule has 0 radical (unpaired) electrons. The number of hydrazine groups is 1. The van der Waals surface area contributed by atoms with Gasteiger partial charge >= 0.3 is 6.18 Å². The van der Waals surface area contributed by atoms with Gasteiger partial charge in [0.15, 0.2) is 0 Å². The topological polar surface area (TPSA) is 67.1 Å². The molecule has 1 aliphatic carbocycles. The molecule has 0 aliphatic heterocycles. The van der Waals surface area contributed by atoms with Crippen LogP contribution < -0.4 is 16.2 Å². The Balaban J connectivity index is 2.22. The molecule has 0 unspecified atom stereocenters. The van der Waals surface area contributed by atoms with E-state index in [1.54, 1.807) is 11.9 Å². The first-order valence-corrected chi connectivity index (χ1v) is 6.04. The Morgan fingerprint density at radius 3 is 2.58 bits per heavy atom. The van der Waals surface area contributed by atoms with Crippen LogP contribution in [0.5, 0.6) is 0 Å².